The normalized spacial score (nSPS) is 18.6. The molecule has 0 aromatic heterocycles. The van der Waals surface area contributed by atoms with Gasteiger partial charge in [-0.15, -0.1) is 0 Å². The molecule has 1 heterocycles. The van der Waals surface area contributed by atoms with Crippen LogP contribution in [0.15, 0.2) is 60.7 Å². The number of carbonyl (C=O) groups excluding carboxylic acids is 1. The second kappa shape index (κ2) is 10.4. The molecule has 0 unspecified atom stereocenters. The van der Waals surface area contributed by atoms with Crippen LogP contribution in [0.3, 0.4) is 0 Å². The van der Waals surface area contributed by atoms with Crippen molar-refractivity contribution >= 4 is 5.91 Å². The highest BCUT2D eigenvalue weighted by Crippen LogP contribution is 2.25. The molecule has 0 bridgehead atoms. The summed E-state index contributed by atoms with van der Waals surface area (Å²) in [5.41, 5.74) is 2.63. The minimum atomic E-state index is 0.133. The largest absolute Gasteiger partial charge is 0.336 e. The maximum Gasteiger partial charge on any atom is 0.222 e. The van der Waals surface area contributed by atoms with E-state index in [2.05, 4.69) is 71.3 Å². The van der Waals surface area contributed by atoms with Gasteiger partial charge in [-0.2, -0.15) is 0 Å². The lowest BCUT2D eigenvalue weighted by Crippen LogP contribution is -2.44. The van der Waals surface area contributed by atoms with Gasteiger partial charge in [0.2, 0.25) is 5.91 Å². The van der Waals surface area contributed by atoms with Gasteiger partial charge >= 0.3 is 0 Å². The molecular formula is C25H34N2O. The first-order chi connectivity index (χ1) is 13.7. The van der Waals surface area contributed by atoms with E-state index in [9.17, 15) is 4.79 Å². The number of rotatable bonds is 8. The summed E-state index contributed by atoms with van der Waals surface area (Å²) in [7, 11) is 0. The Morgan fingerprint density at radius 2 is 1.79 bits per heavy atom. The van der Waals surface area contributed by atoms with Gasteiger partial charge in [-0.1, -0.05) is 67.6 Å². The zero-order chi connectivity index (χ0) is 19.8. The Kier molecular flexibility index (Phi) is 7.67. The molecule has 3 nitrogen and oxygen atoms in total. The molecule has 1 fully saturated rings. The highest BCUT2D eigenvalue weighted by molar-refractivity contribution is 5.76. The summed E-state index contributed by atoms with van der Waals surface area (Å²) in [5.74, 6) is 0.823. The monoisotopic (exact) mass is 378 g/mol. The molecule has 0 radical (unpaired) electrons. The van der Waals surface area contributed by atoms with Crippen molar-refractivity contribution in [2.45, 2.75) is 45.6 Å². The lowest BCUT2D eigenvalue weighted by atomic mass is 9.95. The molecule has 2 aromatic rings. The summed E-state index contributed by atoms with van der Waals surface area (Å²) in [6.45, 7) is 8.39. The molecule has 1 saturated heterocycles. The van der Waals surface area contributed by atoms with Gasteiger partial charge in [0.05, 0.1) is 6.04 Å². The van der Waals surface area contributed by atoms with Crippen molar-refractivity contribution in [3.8, 4) is 0 Å². The van der Waals surface area contributed by atoms with Gasteiger partial charge in [0.15, 0.2) is 0 Å². The number of piperidine rings is 1. The highest BCUT2D eigenvalue weighted by Gasteiger charge is 2.27. The number of hydrogen-bond donors (Lipinski definition) is 0. The number of carbonyl (C=O) groups is 1. The average Bonchev–Trinajstić information content (AvgIpc) is 2.76. The van der Waals surface area contributed by atoms with Gasteiger partial charge in [-0.25, -0.2) is 0 Å². The van der Waals surface area contributed by atoms with E-state index >= 15 is 0 Å². The first-order valence-electron chi connectivity index (χ1n) is 10.8. The van der Waals surface area contributed by atoms with Crippen LogP contribution in [0.25, 0.3) is 0 Å². The van der Waals surface area contributed by atoms with Gasteiger partial charge in [-0.3, -0.25) is 4.79 Å². The summed E-state index contributed by atoms with van der Waals surface area (Å²) in [6.07, 6.45) is 4.12. The topological polar surface area (TPSA) is 23.6 Å². The molecule has 0 aliphatic carbocycles. The summed E-state index contributed by atoms with van der Waals surface area (Å²) in [4.78, 5) is 17.4. The van der Waals surface area contributed by atoms with E-state index in [1.54, 1.807) is 0 Å². The number of hydrogen-bond acceptors (Lipinski definition) is 2. The highest BCUT2D eigenvalue weighted by atomic mass is 16.2. The number of amides is 1. The number of nitrogens with zero attached hydrogens (tertiary/aromatic N) is 2. The van der Waals surface area contributed by atoms with Crippen molar-refractivity contribution in [3.63, 3.8) is 0 Å². The lowest BCUT2D eigenvalue weighted by Gasteiger charge is -2.38. The summed E-state index contributed by atoms with van der Waals surface area (Å²) in [5, 5.41) is 0. The summed E-state index contributed by atoms with van der Waals surface area (Å²) < 4.78 is 0. The van der Waals surface area contributed by atoms with Crippen molar-refractivity contribution in [3.05, 3.63) is 71.8 Å². The van der Waals surface area contributed by atoms with Gasteiger partial charge in [-0.05, 0) is 49.8 Å². The van der Waals surface area contributed by atoms with E-state index in [1.165, 1.54) is 30.5 Å². The Morgan fingerprint density at radius 3 is 2.46 bits per heavy atom. The van der Waals surface area contributed by atoms with Crippen molar-refractivity contribution in [1.82, 2.24) is 9.80 Å². The molecule has 1 amide bonds. The van der Waals surface area contributed by atoms with Crippen LogP contribution in [0.5, 0.6) is 0 Å². The molecule has 0 spiro atoms. The fourth-order valence-electron chi connectivity index (χ4n) is 4.30. The Bertz CT molecular complexity index is 716. The number of benzene rings is 2. The van der Waals surface area contributed by atoms with E-state index in [1.807, 2.05) is 13.0 Å². The smallest absolute Gasteiger partial charge is 0.222 e. The SMILES string of the molecule is CCC(=O)N(C[C@@H]1CCCN(CCc2ccccc2)C1)[C@@H](C)c1ccccc1. The Morgan fingerprint density at radius 1 is 1.11 bits per heavy atom. The van der Waals surface area contributed by atoms with Crippen molar-refractivity contribution in [1.29, 1.82) is 0 Å². The van der Waals surface area contributed by atoms with Crippen LogP contribution >= 0.6 is 0 Å². The molecule has 0 saturated carbocycles. The third-order valence-electron chi connectivity index (χ3n) is 5.99. The Balaban J connectivity index is 1.59. The molecule has 3 rings (SSSR count). The second-order valence-corrected chi connectivity index (χ2v) is 8.03. The average molecular weight is 379 g/mol. The van der Waals surface area contributed by atoms with Crippen LogP contribution in [0.1, 0.15) is 50.3 Å². The van der Waals surface area contributed by atoms with Gasteiger partial charge in [0, 0.05) is 26.1 Å². The van der Waals surface area contributed by atoms with E-state index in [0.717, 1.165) is 26.1 Å². The molecular weight excluding hydrogens is 344 g/mol. The van der Waals surface area contributed by atoms with Crippen LogP contribution in [0.2, 0.25) is 0 Å². The van der Waals surface area contributed by atoms with E-state index in [4.69, 9.17) is 0 Å². The van der Waals surface area contributed by atoms with E-state index < -0.39 is 0 Å². The van der Waals surface area contributed by atoms with Crippen LogP contribution in [0.4, 0.5) is 0 Å². The Labute approximate surface area is 170 Å². The van der Waals surface area contributed by atoms with Crippen LogP contribution in [0, 0.1) is 5.92 Å². The minimum absolute atomic E-state index is 0.133. The summed E-state index contributed by atoms with van der Waals surface area (Å²) in [6, 6.07) is 21.3. The second-order valence-electron chi connectivity index (χ2n) is 8.03. The molecule has 2 aromatic carbocycles. The van der Waals surface area contributed by atoms with E-state index in [0.29, 0.717) is 12.3 Å². The molecule has 3 heteroatoms. The molecule has 0 N–H and O–H groups in total. The van der Waals surface area contributed by atoms with Gasteiger partial charge < -0.3 is 9.80 Å². The van der Waals surface area contributed by atoms with Crippen molar-refractivity contribution < 1.29 is 4.79 Å². The van der Waals surface area contributed by atoms with Crippen molar-refractivity contribution in [2.75, 3.05) is 26.2 Å². The molecule has 150 valence electrons. The number of likely N-dealkylation sites (tertiary alicyclic amines) is 1. The standard InChI is InChI=1S/C25H34N2O/c1-3-25(28)27(21(2)24-14-8-5-9-15-24)20-23-13-10-17-26(19-23)18-16-22-11-6-4-7-12-22/h4-9,11-12,14-15,21,23H,3,10,13,16-20H2,1-2H3/t21-,23+/m0/s1. The van der Waals surface area contributed by atoms with Crippen LogP contribution < -0.4 is 0 Å². The quantitative estimate of drug-likeness (QED) is 0.649. The predicted molar refractivity (Wildman–Crippen MR) is 116 cm³/mol. The molecule has 1 aliphatic rings. The molecule has 28 heavy (non-hydrogen) atoms. The zero-order valence-corrected chi connectivity index (χ0v) is 17.4. The Hall–Kier alpha value is -2.13. The fourth-order valence-corrected chi connectivity index (χ4v) is 4.30. The summed E-state index contributed by atoms with van der Waals surface area (Å²) >= 11 is 0. The van der Waals surface area contributed by atoms with Crippen LogP contribution in [-0.4, -0.2) is 41.9 Å². The minimum Gasteiger partial charge on any atom is -0.336 e. The van der Waals surface area contributed by atoms with Gasteiger partial charge in [0.25, 0.3) is 0 Å². The zero-order valence-electron chi connectivity index (χ0n) is 17.4. The lowest BCUT2D eigenvalue weighted by molar-refractivity contribution is -0.134. The molecule has 2 atom stereocenters. The maximum atomic E-state index is 12.7. The van der Waals surface area contributed by atoms with Crippen molar-refractivity contribution in [2.24, 2.45) is 5.92 Å². The van der Waals surface area contributed by atoms with Crippen LogP contribution in [-0.2, 0) is 11.2 Å². The third kappa shape index (κ3) is 5.68. The molecule has 1 aliphatic heterocycles. The fraction of sp³-hybridized carbons (Fsp3) is 0.480. The first-order valence-corrected chi connectivity index (χ1v) is 10.8. The van der Waals surface area contributed by atoms with E-state index in [-0.39, 0.29) is 11.9 Å². The first kappa shape index (κ1) is 20.6. The third-order valence-corrected chi connectivity index (χ3v) is 5.99. The maximum absolute atomic E-state index is 12.7. The van der Waals surface area contributed by atoms with Gasteiger partial charge in [0.1, 0.15) is 0 Å². The predicted octanol–water partition coefficient (Wildman–Crippen LogP) is 4.94.